The number of nitrogens with zero attached hydrogens (tertiary/aromatic N) is 1. The SMILES string of the molecule is CCC(CC)N(CCO)C(=O)C(C)Oc1ccc(C)cc1. The van der Waals surface area contributed by atoms with E-state index in [2.05, 4.69) is 13.8 Å². The minimum absolute atomic E-state index is 0.0283. The van der Waals surface area contributed by atoms with E-state index in [1.165, 1.54) is 0 Å². The second-order valence-corrected chi connectivity index (χ2v) is 5.30. The van der Waals surface area contributed by atoms with Gasteiger partial charge >= 0.3 is 0 Å². The topological polar surface area (TPSA) is 49.8 Å². The van der Waals surface area contributed by atoms with Crippen LogP contribution in [0.1, 0.15) is 39.2 Å². The van der Waals surface area contributed by atoms with Gasteiger partial charge in [-0.25, -0.2) is 0 Å². The van der Waals surface area contributed by atoms with Crippen molar-refractivity contribution in [3.8, 4) is 5.75 Å². The van der Waals surface area contributed by atoms with Gasteiger partial charge in [0, 0.05) is 12.6 Å². The van der Waals surface area contributed by atoms with Gasteiger partial charge in [-0.05, 0) is 38.8 Å². The van der Waals surface area contributed by atoms with Crippen LogP contribution in [0.5, 0.6) is 5.75 Å². The minimum Gasteiger partial charge on any atom is -0.481 e. The summed E-state index contributed by atoms with van der Waals surface area (Å²) in [5.74, 6) is 0.619. The Morgan fingerprint density at radius 1 is 1.24 bits per heavy atom. The van der Waals surface area contributed by atoms with Gasteiger partial charge in [0.25, 0.3) is 5.91 Å². The first-order chi connectivity index (χ1) is 10.0. The van der Waals surface area contributed by atoms with E-state index in [0.717, 1.165) is 18.4 Å². The van der Waals surface area contributed by atoms with Crippen molar-refractivity contribution >= 4 is 5.91 Å². The molecule has 1 amide bonds. The van der Waals surface area contributed by atoms with Crippen LogP contribution >= 0.6 is 0 Å². The van der Waals surface area contributed by atoms with Gasteiger partial charge in [-0.3, -0.25) is 4.79 Å². The molecule has 1 atom stereocenters. The molecule has 0 radical (unpaired) electrons. The molecule has 1 N–H and O–H groups in total. The number of aryl methyl sites for hydroxylation is 1. The lowest BCUT2D eigenvalue weighted by Gasteiger charge is -2.32. The maximum atomic E-state index is 12.6. The number of aliphatic hydroxyl groups is 1. The maximum absolute atomic E-state index is 12.6. The summed E-state index contributed by atoms with van der Waals surface area (Å²) in [6.07, 6.45) is 1.19. The molecule has 0 aromatic heterocycles. The van der Waals surface area contributed by atoms with E-state index in [-0.39, 0.29) is 18.6 Å². The first-order valence-electron chi connectivity index (χ1n) is 7.68. The molecule has 1 unspecified atom stereocenters. The molecule has 0 heterocycles. The van der Waals surface area contributed by atoms with E-state index in [0.29, 0.717) is 12.3 Å². The smallest absolute Gasteiger partial charge is 0.263 e. The predicted octanol–water partition coefficient (Wildman–Crippen LogP) is 2.77. The summed E-state index contributed by atoms with van der Waals surface area (Å²) in [4.78, 5) is 14.3. The fourth-order valence-corrected chi connectivity index (χ4v) is 2.41. The van der Waals surface area contributed by atoms with Crippen molar-refractivity contribution in [2.75, 3.05) is 13.2 Å². The lowest BCUT2D eigenvalue weighted by Crippen LogP contribution is -2.47. The summed E-state index contributed by atoms with van der Waals surface area (Å²) in [6.45, 7) is 8.20. The molecular formula is C17H27NO3. The van der Waals surface area contributed by atoms with Gasteiger partial charge in [-0.1, -0.05) is 31.5 Å². The number of amides is 1. The highest BCUT2D eigenvalue weighted by Crippen LogP contribution is 2.16. The number of carbonyl (C=O) groups excluding carboxylic acids is 1. The molecule has 4 heteroatoms. The fraction of sp³-hybridized carbons (Fsp3) is 0.588. The summed E-state index contributed by atoms with van der Waals surface area (Å²) in [5, 5.41) is 9.19. The minimum atomic E-state index is -0.556. The summed E-state index contributed by atoms with van der Waals surface area (Å²) in [6, 6.07) is 7.80. The molecule has 0 fully saturated rings. The van der Waals surface area contributed by atoms with Crippen LogP contribution in [0.3, 0.4) is 0 Å². The predicted molar refractivity (Wildman–Crippen MR) is 84.4 cm³/mol. The Morgan fingerprint density at radius 2 is 1.81 bits per heavy atom. The Hall–Kier alpha value is -1.55. The standard InChI is InChI=1S/C17H27NO3/c1-5-15(6-2)18(11-12-19)17(20)14(4)21-16-9-7-13(3)8-10-16/h7-10,14-15,19H,5-6,11-12H2,1-4H3. The van der Waals surface area contributed by atoms with Crippen molar-refractivity contribution in [3.05, 3.63) is 29.8 Å². The van der Waals surface area contributed by atoms with Crippen molar-refractivity contribution in [1.82, 2.24) is 4.90 Å². The van der Waals surface area contributed by atoms with Gasteiger partial charge in [0.2, 0.25) is 0 Å². The zero-order chi connectivity index (χ0) is 15.8. The summed E-state index contributed by atoms with van der Waals surface area (Å²) in [5.41, 5.74) is 1.15. The van der Waals surface area contributed by atoms with Gasteiger partial charge in [0.1, 0.15) is 5.75 Å². The van der Waals surface area contributed by atoms with Crippen molar-refractivity contribution in [1.29, 1.82) is 0 Å². The zero-order valence-corrected chi connectivity index (χ0v) is 13.5. The molecule has 0 saturated heterocycles. The van der Waals surface area contributed by atoms with Gasteiger partial charge < -0.3 is 14.7 Å². The van der Waals surface area contributed by atoms with Crippen molar-refractivity contribution < 1.29 is 14.6 Å². The van der Waals surface area contributed by atoms with Crippen molar-refractivity contribution in [2.24, 2.45) is 0 Å². The van der Waals surface area contributed by atoms with Gasteiger partial charge in [-0.2, -0.15) is 0 Å². The van der Waals surface area contributed by atoms with Gasteiger partial charge in [0.05, 0.1) is 6.61 Å². The monoisotopic (exact) mass is 293 g/mol. The highest BCUT2D eigenvalue weighted by atomic mass is 16.5. The summed E-state index contributed by atoms with van der Waals surface area (Å²) < 4.78 is 5.72. The van der Waals surface area contributed by atoms with E-state index < -0.39 is 6.10 Å². The average Bonchev–Trinajstić information content (AvgIpc) is 2.49. The second-order valence-electron chi connectivity index (χ2n) is 5.30. The van der Waals surface area contributed by atoms with Crippen LogP contribution in [0.15, 0.2) is 24.3 Å². The molecule has 0 saturated carbocycles. The number of aliphatic hydroxyl groups excluding tert-OH is 1. The van der Waals surface area contributed by atoms with E-state index >= 15 is 0 Å². The van der Waals surface area contributed by atoms with Crippen molar-refractivity contribution in [2.45, 2.75) is 52.7 Å². The molecular weight excluding hydrogens is 266 g/mol. The lowest BCUT2D eigenvalue weighted by molar-refractivity contribution is -0.141. The average molecular weight is 293 g/mol. The van der Waals surface area contributed by atoms with Crippen LogP contribution in [-0.2, 0) is 4.79 Å². The molecule has 4 nitrogen and oxygen atoms in total. The van der Waals surface area contributed by atoms with E-state index in [9.17, 15) is 9.90 Å². The van der Waals surface area contributed by atoms with Crippen LogP contribution in [-0.4, -0.2) is 41.2 Å². The third-order valence-corrected chi connectivity index (χ3v) is 3.69. The Morgan fingerprint density at radius 3 is 2.29 bits per heavy atom. The van der Waals surface area contributed by atoms with Crippen LogP contribution in [0.4, 0.5) is 0 Å². The highest BCUT2D eigenvalue weighted by Gasteiger charge is 2.26. The van der Waals surface area contributed by atoms with E-state index in [4.69, 9.17) is 4.74 Å². The maximum Gasteiger partial charge on any atom is 0.263 e. The van der Waals surface area contributed by atoms with Crippen LogP contribution in [0.25, 0.3) is 0 Å². The quantitative estimate of drug-likeness (QED) is 0.802. The first-order valence-corrected chi connectivity index (χ1v) is 7.68. The number of ether oxygens (including phenoxy) is 1. The number of rotatable bonds is 8. The van der Waals surface area contributed by atoms with E-state index in [1.807, 2.05) is 31.2 Å². The molecule has 1 rings (SSSR count). The largest absolute Gasteiger partial charge is 0.481 e. The number of carbonyl (C=O) groups is 1. The summed E-state index contributed by atoms with van der Waals surface area (Å²) in [7, 11) is 0. The lowest BCUT2D eigenvalue weighted by atomic mass is 10.1. The third-order valence-electron chi connectivity index (χ3n) is 3.69. The molecule has 0 spiro atoms. The molecule has 1 aromatic carbocycles. The Bertz CT molecular complexity index is 426. The van der Waals surface area contributed by atoms with Crippen molar-refractivity contribution in [3.63, 3.8) is 0 Å². The normalized spacial score (nSPS) is 12.3. The third kappa shape index (κ3) is 5.05. The molecule has 0 aliphatic rings. The Balaban J connectivity index is 2.75. The number of hydrogen-bond donors (Lipinski definition) is 1. The molecule has 0 aliphatic heterocycles. The molecule has 1 aromatic rings. The molecule has 0 aliphatic carbocycles. The molecule has 0 bridgehead atoms. The number of hydrogen-bond acceptors (Lipinski definition) is 3. The summed E-state index contributed by atoms with van der Waals surface area (Å²) >= 11 is 0. The number of benzene rings is 1. The molecule has 118 valence electrons. The van der Waals surface area contributed by atoms with Crippen LogP contribution in [0.2, 0.25) is 0 Å². The highest BCUT2D eigenvalue weighted by molar-refractivity contribution is 5.81. The Labute approximate surface area is 127 Å². The van der Waals surface area contributed by atoms with Gasteiger partial charge in [0.15, 0.2) is 6.10 Å². The zero-order valence-electron chi connectivity index (χ0n) is 13.5. The van der Waals surface area contributed by atoms with Gasteiger partial charge in [-0.15, -0.1) is 0 Å². The van der Waals surface area contributed by atoms with E-state index in [1.54, 1.807) is 11.8 Å². The first kappa shape index (κ1) is 17.5. The Kier molecular flexibility index (Phi) is 7.23. The van der Waals surface area contributed by atoms with Crippen LogP contribution in [0, 0.1) is 6.92 Å². The fourth-order valence-electron chi connectivity index (χ4n) is 2.41. The second kappa shape index (κ2) is 8.67. The molecule has 21 heavy (non-hydrogen) atoms. The van der Waals surface area contributed by atoms with Crippen LogP contribution < -0.4 is 4.74 Å².